The van der Waals surface area contributed by atoms with E-state index in [1.54, 1.807) is 13.8 Å². The van der Waals surface area contributed by atoms with Crippen molar-refractivity contribution in [1.82, 2.24) is 0 Å². The molecule has 29 heavy (non-hydrogen) atoms. The third kappa shape index (κ3) is 7.33. The summed E-state index contributed by atoms with van der Waals surface area (Å²) in [6.07, 6.45) is -4.84. The molecule has 11 heteroatoms. The standard InChI is InChI=1S/C18H26O11/c1-9(2)25-17(23)18(28-13(6)22)7-14(26-11(4)20)16(27-12(5)21)15(29-18)8-24-10(3)19/h9,14-16H,7-8H2,1-6H3/t14-,15-,16+,18-/m1/s1. The first-order chi connectivity index (χ1) is 13.4. The topological polar surface area (TPSA) is 141 Å². The van der Waals surface area contributed by atoms with Gasteiger partial charge in [0.25, 0.3) is 0 Å². The second-order valence-electron chi connectivity index (χ2n) is 6.69. The van der Waals surface area contributed by atoms with E-state index in [1.807, 2.05) is 0 Å². The SMILES string of the molecule is CC(=O)OC[C@H]1O[C@@](OC(C)=O)(C(=O)OC(C)C)C[C@@H](OC(C)=O)[C@@H]1OC(C)=O. The Bertz CT molecular complexity index is 656. The zero-order valence-corrected chi connectivity index (χ0v) is 17.2. The van der Waals surface area contributed by atoms with E-state index in [1.165, 1.54) is 0 Å². The van der Waals surface area contributed by atoms with Crippen LogP contribution < -0.4 is 0 Å². The third-order valence-corrected chi connectivity index (χ3v) is 3.58. The van der Waals surface area contributed by atoms with Crippen LogP contribution in [0.5, 0.6) is 0 Å². The molecule has 0 unspecified atom stereocenters. The van der Waals surface area contributed by atoms with Gasteiger partial charge in [-0.1, -0.05) is 0 Å². The van der Waals surface area contributed by atoms with Gasteiger partial charge in [0, 0.05) is 27.7 Å². The largest absolute Gasteiger partial charge is 0.463 e. The Morgan fingerprint density at radius 1 is 0.931 bits per heavy atom. The maximum absolute atomic E-state index is 12.7. The highest BCUT2D eigenvalue weighted by Gasteiger charge is 2.58. The van der Waals surface area contributed by atoms with Gasteiger partial charge in [-0.2, -0.15) is 0 Å². The van der Waals surface area contributed by atoms with Crippen molar-refractivity contribution in [3.63, 3.8) is 0 Å². The Balaban J connectivity index is 3.39. The van der Waals surface area contributed by atoms with Crippen LogP contribution in [0.1, 0.15) is 48.0 Å². The molecule has 0 aromatic heterocycles. The third-order valence-electron chi connectivity index (χ3n) is 3.58. The molecule has 1 rings (SSSR count). The summed E-state index contributed by atoms with van der Waals surface area (Å²) < 4.78 is 31.2. The monoisotopic (exact) mass is 418 g/mol. The minimum Gasteiger partial charge on any atom is -0.463 e. The molecular weight excluding hydrogens is 392 g/mol. The highest BCUT2D eigenvalue weighted by Crippen LogP contribution is 2.36. The summed E-state index contributed by atoms with van der Waals surface area (Å²) in [6, 6.07) is 0. The smallest absolute Gasteiger partial charge is 0.380 e. The summed E-state index contributed by atoms with van der Waals surface area (Å²) in [4.78, 5) is 58.8. The van der Waals surface area contributed by atoms with Gasteiger partial charge < -0.3 is 28.4 Å². The van der Waals surface area contributed by atoms with Crippen molar-refractivity contribution in [2.45, 2.75) is 78.2 Å². The Kier molecular flexibility index (Phi) is 8.56. The molecule has 1 fully saturated rings. The zero-order valence-electron chi connectivity index (χ0n) is 17.2. The average Bonchev–Trinajstić information content (AvgIpc) is 2.53. The Labute approximate surface area is 167 Å². The molecule has 0 aromatic rings. The summed E-state index contributed by atoms with van der Waals surface area (Å²) in [5.41, 5.74) is 0. The molecule has 0 saturated carbocycles. The summed E-state index contributed by atoms with van der Waals surface area (Å²) in [7, 11) is 0. The van der Waals surface area contributed by atoms with Crippen LogP contribution in [-0.2, 0) is 52.4 Å². The Morgan fingerprint density at radius 2 is 1.52 bits per heavy atom. The lowest BCUT2D eigenvalue weighted by atomic mass is 9.94. The number of hydrogen-bond acceptors (Lipinski definition) is 11. The molecule has 0 radical (unpaired) electrons. The summed E-state index contributed by atoms with van der Waals surface area (Å²) >= 11 is 0. The normalized spacial score (nSPS) is 26.2. The number of hydrogen-bond donors (Lipinski definition) is 0. The van der Waals surface area contributed by atoms with Gasteiger partial charge in [-0.25, -0.2) is 4.79 Å². The van der Waals surface area contributed by atoms with E-state index in [0.29, 0.717) is 0 Å². The molecule has 0 aliphatic carbocycles. The molecular formula is C18H26O11. The maximum atomic E-state index is 12.7. The molecule has 0 spiro atoms. The number of ether oxygens (including phenoxy) is 6. The fraction of sp³-hybridized carbons (Fsp3) is 0.722. The van der Waals surface area contributed by atoms with Crippen LogP contribution in [-0.4, -0.2) is 66.7 Å². The van der Waals surface area contributed by atoms with Crippen molar-refractivity contribution in [2.24, 2.45) is 0 Å². The van der Waals surface area contributed by atoms with Gasteiger partial charge in [0.1, 0.15) is 18.8 Å². The van der Waals surface area contributed by atoms with Crippen LogP contribution in [0, 0.1) is 0 Å². The molecule has 0 amide bonds. The first kappa shape index (κ1) is 24.3. The van der Waals surface area contributed by atoms with Gasteiger partial charge in [-0.3, -0.25) is 19.2 Å². The molecule has 1 aliphatic heterocycles. The molecule has 1 heterocycles. The van der Waals surface area contributed by atoms with Crippen LogP contribution in [0.3, 0.4) is 0 Å². The molecule has 1 aliphatic rings. The van der Waals surface area contributed by atoms with E-state index in [-0.39, 0.29) is 0 Å². The van der Waals surface area contributed by atoms with Crippen molar-refractivity contribution in [3.05, 3.63) is 0 Å². The van der Waals surface area contributed by atoms with E-state index in [4.69, 9.17) is 28.4 Å². The van der Waals surface area contributed by atoms with Crippen LogP contribution in [0.4, 0.5) is 0 Å². The van der Waals surface area contributed by atoms with Gasteiger partial charge in [0.15, 0.2) is 6.10 Å². The lowest BCUT2D eigenvalue weighted by Gasteiger charge is -2.44. The first-order valence-electron chi connectivity index (χ1n) is 8.92. The summed E-state index contributed by atoms with van der Waals surface area (Å²) in [6.45, 7) is 7.10. The number of carbonyl (C=O) groups is 5. The molecule has 11 nitrogen and oxygen atoms in total. The summed E-state index contributed by atoms with van der Waals surface area (Å²) in [5, 5.41) is 0. The lowest BCUT2D eigenvalue weighted by Crippen LogP contribution is -2.63. The van der Waals surface area contributed by atoms with Crippen molar-refractivity contribution >= 4 is 29.8 Å². The lowest BCUT2D eigenvalue weighted by molar-refractivity contribution is -0.309. The quantitative estimate of drug-likeness (QED) is 0.419. The van der Waals surface area contributed by atoms with Crippen molar-refractivity contribution in [1.29, 1.82) is 0 Å². The number of esters is 5. The fourth-order valence-electron chi connectivity index (χ4n) is 2.75. The van der Waals surface area contributed by atoms with Gasteiger partial charge in [0.2, 0.25) is 0 Å². The van der Waals surface area contributed by atoms with Crippen molar-refractivity contribution < 1.29 is 52.4 Å². The Morgan fingerprint density at radius 3 is 1.97 bits per heavy atom. The molecule has 0 N–H and O–H groups in total. The highest BCUT2D eigenvalue weighted by atomic mass is 16.8. The van der Waals surface area contributed by atoms with E-state index in [9.17, 15) is 24.0 Å². The van der Waals surface area contributed by atoms with Gasteiger partial charge in [0.05, 0.1) is 12.5 Å². The second kappa shape index (κ2) is 10.2. The van der Waals surface area contributed by atoms with Gasteiger partial charge in [-0.15, -0.1) is 0 Å². The molecule has 0 aromatic carbocycles. The van der Waals surface area contributed by atoms with Crippen LogP contribution in [0.25, 0.3) is 0 Å². The Hall–Kier alpha value is -2.69. The van der Waals surface area contributed by atoms with E-state index in [2.05, 4.69) is 0 Å². The average molecular weight is 418 g/mol. The molecule has 1 saturated heterocycles. The molecule has 0 bridgehead atoms. The fourth-order valence-corrected chi connectivity index (χ4v) is 2.75. The van der Waals surface area contributed by atoms with E-state index < -0.39 is 73.1 Å². The first-order valence-corrected chi connectivity index (χ1v) is 8.92. The number of carbonyl (C=O) groups excluding carboxylic acids is 5. The van der Waals surface area contributed by atoms with E-state index >= 15 is 0 Å². The minimum absolute atomic E-state index is 0.469. The van der Waals surface area contributed by atoms with Gasteiger partial charge >= 0.3 is 35.6 Å². The van der Waals surface area contributed by atoms with Crippen LogP contribution >= 0.6 is 0 Å². The maximum Gasteiger partial charge on any atom is 0.380 e. The van der Waals surface area contributed by atoms with Crippen molar-refractivity contribution in [3.8, 4) is 0 Å². The van der Waals surface area contributed by atoms with Crippen LogP contribution in [0.15, 0.2) is 0 Å². The molecule has 164 valence electrons. The van der Waals surface area contributed by atoms with Crippen molar-refractivity contribution in [2.75, 3.05) is 6.61 Å². The zero-order chi connectivity index (χ0) is 22.4. The summed E-state index contributed by atoms with van der Waals surface area (Å²) in [5.74, 6) is -6.36. The number of rotatable bonds is 7. The highest BCUT2D eigenvalue weighted by molar-refractivity contribution is 5.82. The minimum atomic E-state index is -2.29. The van der Waals surface area contributed by atoms with Gasteiger partial charge in [-0.05, 0) is 13.8 Å². The van der Waals surface area contributed by atoms with E-state index in [0.717, 1.165) is 27.7 Å². The van der Waals surface area contributed by atoms with Crippen LogP contribution in [0.2, 0.25) is 0 Å². The predicted molar refractivity (Wildman–Crippen MR) is 93.0 cm³/mol. The predicted octanol–water partition coefficient (Wildman–Crippen LogP) is 0.413. The second-order valence-corrected chi connectivity index (χ2v) is 6.69. The molecule has 4 atom stereocenters.